The number of rotatable bonds is 2. The van der Waals surface area contributed by atoms with E-state index in [-0.39, 0.29) is 0 Å². The van der Waals surface area contributed by atoms with Crippen LogP contribution in [0, 0.1) is 13.8 Å². The van der Waals surface area contributed by atoms with Crippen LogP contribution in [-0.4, -0.2) is 15.7 Å². The largest absolute Gasteiger partial charge is 0.441 e. The van der Waals surface area contributed by atoms with E-state index in [4.69, 9.17) is 4.42 Å². The topological polar surface area (TPSA) is 47.5 Å². The molecule has 3 rings (SSSR count). The molecule has 0 bridgehead atoms. The summed E-state index contributed by atoms with van der Waals surface area (Å²) in [6.07, 6.45) is 4.63. The summed E-state index contributed by atoms with van der Waals surface area (Å²) in [5.74, 6) is 1.44. The number of fused-ring (bicyclic) bond motifs is 1. The first-order valence-electron chi connectivity index (χ1n) is 5.69. The predicted octanol–water partition coefficient (Wildman–Crippen LogP) is 3.02. The van der Waals surface area contributed by atoms with Gasteiger partial charge in [0, 0.05) is 23.5 Å². The molecular weight excluding hydrogens is 228 g/mol. The van der Waals surface area contributed by atoms with Crippen molar-refractivity contribution in [2.45, 2.75) is 13.8 Å². The Morgan fingerprint density at radius 3 is 2.83 bits per heavy atom. The van der Waals surface area contributed by atoms with Gasteiger partial charge in [-0.2, -0.15) is 0 Å². The van der Waals surface area contributed by atoms with Gasteiger partial charge in [0.2, 0.25) is 5.89 Å². The van der Waals surface area contributed by atoms with E-state index >= 15 is 0 Å². The number of hydrogen-bond acceptors (Lipinski definition) is 3. The molecule has 3 heterocycles. The minimum absolute atomic E-state index is 0.612. The van der Waals surface area contributed by atoms with Gasteiger partial charge >= 0.3 is 0 Å². The summed E-state index contributed by atoms with van der Waals surface area (Å²) in [7, 11) is 0. The van der Waals surface area contributed by atoms with Crippen molar-refractivity contribution in [1.29, 1.82) is 0 Å². The highest BCUT2D eigenvalue weighted by Crippen LogP contribution is 2.24. The van der Waals surface area contributed by atoms with Crippen molar-refractivity contribution >= 4 is 11.8 Å². The third-order valence-corrected chi connectivity index (χ3v) is 3.03. The molecule has 0 saturated carbocycles. The summed E-state index contributed by atoms with van der Waals surface area (Å²) in [6, 6.07) is 5.56. The molecule has 3 aromatic rings. The van der Waals surface area contributed by atoms with Crippen LogP contribution < -0.4 is 0 Å². The molecule has 0 aliphatic heterocycles. The standard InChI is InChI=1S/C14H12N2O2/c1-9-10(2)18-14(15-9)12-6-13-5-11(8-17)3-4-16(13)7-12/h3-8H,1-2H3. The van der Waals surface area contributed by atoms with Gasteiger partial charge in [0.05, 0.1) is 11.3 Å². The van der Waals surface area contributed by atoms with Gasteiger partial charge in [0.1, 0.15) is 12.0 Å². The van der Waals surface area contributed by atoms with Crippen LogP contribution in [-0.2, 0) is 0 Å². The molecule has 18 heavy (non-hydrogen) atoms. The van der Waals surface area contributed by atoms with E-state index in [2.05, 4.69) is 4.98 Å². The van der Waals surface area contributed by atoms with Gasteiger partial charge in [0.25, 0.3) is 0 Å². The third-order valence-electron chi connectivity index (χ3n) is 3.03. The fraction of sp³-hybridized carbons (Fsp3) is 0.143. The van der Waals surface area contributed by atoms with Crippen LogP contribution in [0.4, 0.5) is 0 Å². The third kappa shape index (κ3) is 1.62. The molecular formula is C14H12N2O2. The number of aldehydes is 1. The SMILES string of the molecule is Cc1nc(-c2cc3cc(C=O)ccn3c2)oc1C. The number of pyridine rings is 1. The minimum atomic E-state index is 0.612. The van der Waals surface area contributed by atoms with Crippen molar-refractivity contribution < 1.29 is 9.21 Å². The molecule has 0 unspecified atom stereocenters. The second kappa shape index (κ2) is 3.84. The lowest BCUT2D eigenvalue weighted by molar-refractivity contribution is 0.112. The lowest BCUT2D eigenvalue weighted by Gasteiger charge is -1.93. The van der Waals surface area contributed by atoms with Crippen LogP contribution in [0.1, 0.15) is 21.8 Å². The highest BCUT2D eigenvalue weighted by atomic mass is 16.4. The van der Waals surface area contributed by atoms with Gasteiger partial charge in [-0.05, 0) is 32.0 Å². The number of aryl methyl sites for hydroxylation is 2. The quantitative estimate of drug-likeness (QED) is 0.647. The monoisotopic (exact) mass is 240 g/mol. The first-order valence-corrected chi connectivity index (χ1v) is 5.69. The predicted molar refractivity (Wildman–Crippen MR) is 67.8 cm³/mol. The van der Waals surface area contributed by atoms with Gasteiger partial charge in [0.15, 0.2) is 0 Å². The number of nitrogens with zero attached hydrogens (tertiary/aromatic N) is 2. The van der Waals surface area contributed by atoms with Crippen molar-refractivity contribution in [1.82, 2.24) is 9.38 Å². The summed E-state index contributed by atoms with van der Waals surface area (Å²) < 4.78 is 7.53. The van der Waals surface area contributed by atoms with Crippen LogP contribution in [0.2, 0.25) is 0 Å². The first-order chi connectivity index (χ1) is 8.67. The highest BCUT2D eigenvalue weighted by Gasteiger charge is 2.10. The molecule has 0 amide bonds. The molecule has 4 nitrogen and oxygen atoms in total. The summed E-state index contributed by atoms with van der Waals surface area (Å²) in [6.45, 7) is 3.81. The lowest BCUT2D eigenvalue weighted by atomic mass is 10.2. The Kier molecular flexibility index (Phi) is 2.30. The highest BCUT2D eigenvalue weighted by molar-refractivity contribution is 5.78. The zero-order valence-electron chi connectivity index (χ0n) is 10.2. The Labute approximate surface area is 104 Å². The van der Waals surface area contributed by atoms with Crippen molar-refractivity contribution in [3.8, 4) is 11.5 Å². The Morgan fingerprint density at radius 2 is 2.17 bits per heavy atom. The van der Waals surface area contributed by atoms with E-state index < -0.39 is 0 Å². The molecule has 3 aromatic heterocycles. The van der Waals surface area contributed by atoms with E-state index in [0.29, 0.717) is 11.5 Å². The normalized spacial score (nSPS) is 11.0. The van der Waals surface area contributed by atoms with Crippen LogP contribution in [0.25, 0.3) is 17.0 Å². The Bertz CT molecular complexity index is 718. The molecule has 4 heteroatoms. The smallest absolute Gasteiger partial charge is 0.228 e. The molecule has 0 aliphatic carbocycles. The number of carbonyl (C=O) groups is 1. The summed E-state index contributed by atoms with van der Waals surface area (Å²) in [5, 5.41) is 0. The molecule has 0 aliphatic rings. The number of oxazole rings is 1. The maximum absolute atomic E-state index is 10.7. The van der Waals surface area contributed by atoms with Gasteiger partial charge in [-0.3, -0.25) is 4.79 Å². The van der Waals surface area contributed by atoms with Crippen molar-refractivity contribution in [3.63, 3.8) is 0 Å². The van der Waals surface area contributed by atoms with E-state index in [9.17, 15) is 4.79 Å². The zero-order valence-corrected chi connectivity index (χ0v) is 10.2. The van der Waals surface area contributed by atoms with Crippen molar-refractivity contribution in [2.75, 3.05) is 0 Å². The molecule has 0 N–H and O–H groups in total. The van der Waals surface area contributed by atoms with Gasteiger partial charge < -0.3 is 8.82 Å². The summed E-state index contributed by atoms with van der Waals surface area (Å²) in [5.41, 5.74) is 3.41. The Balaban J connectivity index is 2.15. The maximum Gasteiger partial charge on any atom is 0.228 e. The second-order valence-corrected chi connectivity index (χ2v) is 4.30. The van der Waals surface area contributed by atoms with E-state index in [1.54, 1.807) is 6.07 Å². The van der Waals surface area contributed by atoms with Crippen molar-refractivity contribution in [3.05, 3.63) is 47.6 Å². The van der Waals surface area contributed by atoms with Crippen LogP contribution in [0.3, 0.4) is 0 Å². The van der Waals surface area contributed by atoms with E-state index in [0.717, 1.165) is 28.8 Å². The van der Waals surface area contributed by atoms with Gasteiger partial charge in [-0.1, -0.05) is 0 Å². The number of aromatic nitrogens is 2. The molecule has 0 aromatic carbocycles. The Hall–Kier alpha value is -2.36. The molecule has 0 atom stereocenters. The second-order valence-electron chi connectivity index (χ2n) is 4.30. The fourth-order valence-electron chi connectivity index (χ4n) is 1.91. The fourth-order valence-corrected chi connectivity index (χ4v) is 1.91. The average Bonchev–Trinajstić information content (AvgIpc) is 2.92. The molecule has 0 spiro atoms. The molecule has 0 radical (unpaired) electrons. The van der Waals surface area contributed by atoms with Gasteiger partial charge in [-0.25, -0.2) is 4.98 Å². The van der Waals surface area contributed by atoms with Crippen LogP contribution in [0.15, 0.2) is 35.0 Å². The van der Waals surface area contributed by atoms with E-state index in [1.807, 2.05) is 42.8 Å². The average molecular weight is 240 g/mol. The van der Waals surface area contributed by atoms with Crippen molar-refractivity contribution in [2.24, 2.45) is 0 Å². The van der Waals surface area contributed by atoms with Crippen LogP contribution in [0.5, 0.6) is 0 Å². The van der Waals surface area contributed by atoms with Crippen LogP contribution >= 0.6 is 0 Å². The number of hydrogen-bond donors (Lipinski definition) is 0. The first kappa shape index (κ1) is 10.8. The Morgan fingerprint density at radius 1 is 1.33 bits per heavy atom. The molecule has 90 valence electrons. The van der Waals surface area contributed by atoms with E-state index in [1.165, 1.54) is 0 Å². The van der Waals surface area contributed by atoms with Gasteiger partial charge in [-0.15, -0.1) is 0 Å². The molecule has 0 saturated heterocycles. The lowest BCUT2D eigenvalue weighted by Crippen LogP contribution is -1.84. The zero-order chi connectivity index (χ0) is 12.7. The summed E-state index contributed by atoms with van der Waals surface area (Å²) >= 11 is 0. The maximum atomic E-state index is 10.7. The summed E-state index contributed by atoms with van der Waals surface area (Å²) in [4.78, 5) is 15.1. The minimum Gasteiger partial charge on any atom is -0.441 e. The molecule has 0 fully saturated rings. The number of carbonyl (C=O) groups excluding carboxylic acids is 1.